The Hall–Kier alpha value is -1.58. The van der Waals surface area contributed by atoms with E-state index in [2.05, 4.69) is 15.4 Å². The van der Waals surface area contributed by atoms with Crippen molar-refractivity contribution in [2.24, 2.45) is 0 Å². The number of aromatic nitrogens is 2. The predicted molar refractivity (Wildman–Crippen MR) is 67.2 cm³/mol. The van der Waals surface area contributed by atoms with Gasteiger partial charge in [0.15, 0.2) is 4.34 Å². The van der Waals surface area contributed by atoms with Crippen molar-refractivity contribution >= 4 is 23.3 Å². The summed E-state index contributed by atoms with van der Waals surface area (Å²) in [6.07, 6.45) is 1.55. The maximum atomic E-state index is 8.87. The van der Waals surface area contributed by atoms with Gasteiger partial charge in [0.25, 0.3) is 0 Å². The maximum Gasteiger partial charge on any atom is 0.170 e. The summed E-state index contributed by atoms with van der Waals surface area (Å²) in [4.78, 5) is 4.09. The van der Waals surface area contributed by atoms with Crippen molar-refractivity contribution in [2.45, 2.75) is 10.1 Å². The summed E-state index contributed by atoms with van der Waals surface area (Å²) in [7, 11) is 1.57. The summed E-state index contributed by atoms with van der Waals surface area (Å²) in [5, 5.41) is 8.87. The fourth-order valence-electron chi connectivity index (χ4n) is 1.29. The van der Waals surface area contributed by atoms with Crippen LogP contribution in [0.4, 0.5) is 0 Å². The van der Waals surface area contributed by atoms with Crippen LogP contribution >= 0.6 is 23.3 Å². The second-order valence-electron chi connectivity index (χ2n) is 3.14. The highest BCUT2D eigenvalue weighted by Gasteiger charge is 2.05. The van der Waals surface area contributed by atoms with Crippen LogP contribution in [0, 0.1) is 11.3 Å². The van der Waals surface area contributed by atoms with Crippen LogP contribution in [0.15, 0.2) is 28.9 Å². The van der Waals surface area contributed by atoms with E-state index in [1.807, 2.05) is 12.1 Å². The third-order valence-corrected chi connectivity index (χ3v) is 3.96. The van der Waals surface area contributed by atoms with Gasteiger partial charge in [0, 0.05) is 5.75 Å². The van der Waals surface area contributed by atoms with Crippen LogP contribution in [0.1, 0.15) is 11.1 Å². The van der Waals surface area contributed by atoms with E-state index in [0.29, 0.717) is 11.3 Å². The number of rotatable bonds is 4. The molecule has 0 aliphatic carbocycles. The second-order valence-corrected chi connectivity index (χ2v) is 5.14. The quantitative estimate of drug-likeness (QED) is 0.794. The van der Waals surface area contributed by atoms with Gasteiger partial charge >= 0.3 is 0 Å². The molecule has 0 spiro atoms. The molecule has 0 saturated heterocycles. The molecule has 0 atom stereocenters. The van der Waals surface area contributed by atoms with E-state index in [1.165, 1.54) is 11.5 Å². The highest BCUT2D eigenvalue weighted by Crippen LogP contribution is 2.26. The maximum absolute atomic E-state index is 8.87. The van der Waals surface area contributed by atoms with Crippen LogP contribution in [-0.4, -0.2) is 16.5 Å². The minimum absolute atomic E-state index is 0.553. The topological polar surface area (TPSA) is 58.8 Å². The third kappa shape index (κ3) is 2.96. The highest BCUT2D eigenvalue weighted by atomic mass is 32.2. The van der Waals surface area contributed by atoms with Gasteiger partial charge in [-0.1, -0.05) is 17.8 Å². The first-order chi connectivity index (χ1) is 8.33. The van der Waals surface area contributed by atoms with Gasteiger partial charge in [0.05, 0.1) is 12.7 Å². The van der Waals surface area contributed by atoms with Crippen LogP contribution < -0.4 is 4.74 Å². The molecule has 1 heterocycles. The van der Waals surface area contributed by atoms with Crippen molar-refractivity contribution < 1.29 is 4.74 Å². The standard InChI is InChI=1S/C11H9N3OS2/c1-15-10-4-8(2-3-9(10)5-12)6-16-11-13-7-14-17-11/h2-4,7H,6H2,1H3. The van der Waals surface area contributed by atoms with E-state index in [-0.39, 0.29) is 0 Å². The monoisotopic (exact) mass is 263 g/mol. The van der Waals surface area contributed by atoms with Gasteiger partial charge in [-0.3, -0.25) is 0 Å². The van der Waals surface area contributed by atoms with E-state index in [0.717, 1.165) is 15.7 Å². The summed E-state index contributed by atoms with van der Waals surface area (Å²) in [6, 6.07) is 7.67. The van der Waals surface area contributed by atoms with Crippen LogP contribution in [0.3, 0.4) is 0 Å². The van der Waals surface area contributed by atoms with Gasteiger partial charge in [0.2, 0.25) is 0 Å². The first kappa shape index (κ1) is 11.9. The fraction of sp³-hybridized carbons (Fsp3) is 0.182. The molecule has 4 nitrogen and oxygen atoms in total. The number of benzene rings is 1. The first-order valence-corrected chi connectivity index (χ1v) is 6.56. The lowest BCUT2D eigenvalue weighted by Crippen LogP contribution is -1.90. The Morgan fingerprint density at radius 2 is 2.41 bits per heavy atom. The van der Waals surface area contributed by atoms with Crippen molar-refractivity contribution in [3.63, 3.8) is 0 Å². The Balaban J connectivity index is 2.09. The SMILES string of the molecule is COc1cc(CSc2ncns2)ccc1C#N. The molecule has 0 unspecified atom stereocenters. The predicted octanol–water partition coefficient (Wildman–Crippen LogP) is 2.71. The van der Waals surface area contributed by atoms with Gasteiger partial charge in [-0.2, -0.15) is 9.64 Å². The number of nitrogens with zero attached hydrogens (tertiary/aromatic N) is 3. The zero-order valence-electron chi connectivity index (χ0n) is 9.08. The smallest absolute Gasteiger partial charge is 0.170 e. The average molecular weight is 263 g/mol. The number of ether oxygens (including phenoxy) is 1. The molecule has 0 N–H and O–H groups in total. The average Bonchev–Trinajstić information content (AvgIpc) is 2.89. The third-order valence-electron chi connectivity index (χ3n) is 2.09. The minimum Gasteiger partial charge on any atom is -0.495 e. The van der Waals surface area contributed by atoms with Crippen LogP contribution in [-0.2, 0) is 5.75 Å². The van der Waals surface area contributed by atoms with E-state index in [1.54, 1.807) is 31.3 Å². The summed E-state index contributed by atoms with van der Waals surface area (Å²) in [6.45, 7) is 0. The molecule has 1 aromatic heterocycles. The van der Waals surface area contributed by atoms with Gasteiger partial charge < -0.3 is 4.74 Å². The summed E-state index contributed by atoms with van der Waals surface area (Å²) >= 11 is 3.00. The van der Waals surface area contributed by atoms with E-state index in [9.17, 15) is 0 Å². The highest BCUT2D eigenvalue weighted by molar-refractivity contribution is 8.00. The molecule has 0 aliphatic heterocycles. The first-order valence-electron chi connectivity index (χ1n) is 4.80. The van der Waals surface area contributed by atoms with Crippen LogP contribution in [0.25, 0.3) is 0 Å². The lowest BCUT2D eigenvalue weighted by molar-refractivity contribution is 0.413. The second kappa shape index (κ2) is 5.66. The zero-order valence-corrected chi connectivity index (χ0v) is 10.7. The van der Waals surface area contributed by atoms with Crippen LogP contribution in [0.2, 0.25) is 0 Å². The lowest BCUT2D eigenvalue weighted by atomic mass is 10.1. The summed E-state index contributed by atoms with van der Waals surface area (Å²) in [5.74, 6) is 1.40. The number of nitriles is 1. The van der Waals surface area contributed by atoms with Crippen molar-refractivity contribution in [1.29, 1.82) is 5.26 Å². The van der Waals surface area contributed by atoms with Gasteiger partial charge in [0.1, 0.15) is 18.1 Å². The van der Waals surface area contributed by atoms with Gasteiger partial charge in [-0.15, -0.1) is 0 Å². The molecule has 0 bridgehead atoms. The molecular weight excluding hydrogens is 254 g/mol. The molecule has 6 heteroatoms. The lowest BCUT2D eigenvalue weighted by Gasteiger charge is -2.05. The molecular formula is C11H9N3OS2. The summed E-state index contributed by atoms with van der Waals surface area (Å²) in [5.41, 5.74) is 1.65. The normalized spacial score (nSPS) is 9.88. The Bertz CT molecular complexity index is 534. The van der Waals surface area contributed by atoms with E-state index < -0.39 is 0 Å². The van der Waals surface area contributed by atoms with Crippen molar-refractivity contribution in [2.75, 3.05) is 7.11 Å². The molecule has 0 fully saturated rings. The Labute approximate surface area is 107 Å². The van der Waals surface area contributed by atoms with Crippen molar-refractivity contribution in [1.82, 2.24) is 9.36 Å². The molecule has 86 valence electrons. The minimum atomic E-state index is 0.553. The Kier molecular flexibility index (Phi) is 3.96. The molecule has 0 aliphatic rings. The molecule has 2 aromatic rings. The molecule has 0 saturated carbocycles. The number of methoxy groups -OCH3 is 1. The number of thioether (sulfide) groups is 1. The molecule has 2 rings (SSSR count). The van der Waals surface area contributed by atoms with Gasteiger partial charge in [-0.05, 0) is 29.2 Å². The molecule has 0 radical (unpaired) electrons. The van der Waals surface area contributed by atoms with E-state index >= 15 is 0 Å². The van der Waals surface area contributed by atoms with Gasteiger partial charge in [-0.25, -0.2) is 4.98 Å². The largest absolute Gasteiger partial charge is 0.495 e. The van der Waals surface area contributed by atoms with Crippen molar-refractivity contribution in [3.8, 4) is 11.8 Å². The van der Waals surface area contributed by atoms with E-state index in [4.69, 9.17) is 10.00 Å². The number of hydrogen-bond acceptors (Lipinski definition) is 6. The molecule has 0 amide bonds. The molecule has 17 heavy (non-hydrogen) atoms. The Morgan fingerprint density at radius 3 is 3.06 bits per heavy atom. The molecule has 1 aromatic carbocycles. The Morgan fingerprint density at radius 1 is 1.53 bits per heavy atom. The van der Waals surface area contributed by atoms with Crippen molar-refractivity contribution in [3.05, 3.63) is 35.7 Å². The zero-order chi connectivity index (χ0) is 12.1. The summed E-state index contributed by atoms with van der Waals surface area (Å²) < 4.78 is 10.0. The van der Waals surface area contributed by atoms with Crippen LogP contribution in [0.5, 0.6) is 5.75 Å². The number of hydrogen-bond donors (Lipinski definition) is 0. The fourth-order valence-corrected chi connectivity index (χ4v) is 2.68.